The number of nitrogens with one attached hydrogen (secondary N) is 3. The number of carbonyl (C=O) groups is 2. The van der Waals surface area contributed by atoms with Crippen molar-refractivity contribution >= 4 is 11.8 Å². The average molecular weight is 281 g/mol. The van der Waals surface area contributed by atoms with E-state index in [1.165, 1.54) is 0 Å². The van der Waals surface area contributed by atoms with Gasteiger partial charge in [0.15, 0.2) is 0 Å². The van der Waals surface area contributed by atoms with E-state index in [0.29, 0.717) is 18.8 Å². The lowest BCUT2D eigenvalue weighted by Gasteiger charge is -2.25. The van der Waals surface area contributed by atoms with E-state index in [4.69, 9.17) is 4.42 Å². The quantitative estimate of drug-likeness (QED) is 0.685. The van der Waals surface area contributed by atoms with Gasteiger partial charge in [-0.2, -0.15) is 0 Å². The van der Waals surface area contributed by atoms with Crippen molar-refractivity contribution < 1.29 is 14.0 Å². The standard InChI is InChI=1S/C14H23N3O3/c1-10(17-9-14(2,3)13(19)15-4)12(18)16-8-11-6-5-7-20-11/h5-7,10,17H,8-9H2,1-4H3,(H,15,19)(H,16,18). The largest absolute Gasteiger partial charge is 0.467 e. The Morgan fingerprint density at radius 2 is 2.10 bits per heavy atom. The van der Waals surface area contributed by atoms with E-state index < -0.39 is 5.41 Å². The first-order chi connectivity index (χ1) is 9.36. The molecular weight excluding hydrogens is 258 g/mol. The lowest BCUT2D eigenvalue weighted by Crippen LogP contribution is -2.48. The molecule has 0 aromatic carbocycles. The van der Waals surface area contributed by atoms with E-state index >= 15 is 0 Å². The van der Waals surface area contributed by atoms with E-state index in [1.54, 1.807) is 32.4 Å². The van der Waals surface area contributed by atoms with Crippen molar-refractivity contribution in [3.63, 3.8) is 0 Å². The van der Waals surface area contributed by atoms with Crippen LogP contribution < -0.4 is 16.0 Å². The van der Waals surface area contributed by atoms with Gasteiger partial charge in [-0.3, -0.25) is 9.59 Å². The summed E-state index contributed by atoms with van der Waals surface area (Å²) in [6.45, 7) is 6.19. The third kappa shape index (κ3) is 4.70. The van der Waals surface area contributed by atoms with Crippen molar-refractivity contribution in [2.75, 3.05) is 13.6 Å². The molecule has 0 saturated heterocycles. The normalized spacial score (nSPS) is 12.8. The summed E-state index contributed by atoms with van der Waals surface area (Å²) < 4.78 is 5.14. The number of amides is 2. The molecule has 0 aliphatic rings. The molecule has 112 valence electrons. The Bertz CT molecular complexity index is 441. The van der Waals surface area contributed by atoms with Gasteiger partial charge >= 0.3 is 0 Å². The highest BCUT2D eigenvalue weighted by molar-refractivity contribution is 5.83. The van der Waals surface area contributed by atoms with Crippen LogP contribution in [0.1, 0.15) is 26.5 Å². The van der Waals surface area contributed by atoms with Gasteiger partial charge in [-0.25, -0.2) is 0 Å². The molecule has 1 atom stereocenters. The molecule has 1 aromatic heterocycles. The van der Waals surface area contributed by atoms with Crippen molar-refractivity contribution in [2.45, 2.75) is 33.4 Å². The van der Waals surface area contributed by atoms with E-state index in [1.807, 2.05) is 13.8 Å². The predicted octanol–water partition coefficient (Wildman–Crippen LogP) is 0.646. The zero-order valence-corrected chi connectivity index (χ0v) is 12.4. The Morgan fingerprint density at radius 1 is 1.40 bits per heavy atom. The minimum Gasteiger partial charge on any atom is -0.467 e. The third-order valence-corrected chi connectivity index (χ3v) is 3.10. The second-order valence-electron chi connectivity index (χ2n) is 5.36. The summed E-state index contributed by atoms with van der Waals surface area (Å²) in [5.74, 6) is 0.513. The molecule has 6 nitrogen and oxygen atoms in total. The summed E-state index contributed by atoms with van der Waals surface area (Å²) in [5, 5.41) is 8.44. The van der Waals surface area contributed by atoms with Crippen molar-refractivity contribution in [1.29, 1.82) is 0 Å². The van der Waals surface area contributed by atoms with Gasteiger partial charge < -0.3 is 20.4 Å². The number of hydrogen-bond donors (Lipinski definition) is 3. The molecule has 1 rings (SSSR count). The fourth-order valence-corrected chi connectivity index (χ4v) is 1.66. The second kappa shape index (κ2) is 7.09. The maximum Gasteiger partial charge on any atom is 0.237 e. The fraction of sp³-hybridized carbons (Fsp3) is 0.571. The molecule has 0 bridgehead atoms. The highest BCUT2D eigenvalue weighted by Gasteiger charge is 2.27. The molecule has 0 aliphatic heterocycles. The Hall–Kier alpha value is -1.82. The van der Waals surface area contributed by atoms with Crippen LogP contribution in [0.25, 0.3) is 0 Å². The lowest BCUT2D eigenvalue weighted by atomic mass is 9.92. The van der Waals surface area contributed by atoms with Gasteiger partial charge in [0.2, 0.25) is 11.8 Å². The van der Waals surface area contributed by atoms with Crippen molar-refractivity contribution in [3.8, 4) is 0 Å². The molecule has 1 heterocycles. The summed E-state index contributed by atoms with van der Waals surface area (Å²) in [4.78, 5) is 23.5. The van der Waals surface area contributed by atoms with Crippen LogP contribution in [0.3, 0.4) is 0 Å². The van der Waals surface area contributed by atoms with Gasteiger partial charge in [0, 0.05) is 13.6 Å². The molecule has 0 fully saturated rings. The molecule has 1 unspecified atom stereocenters. The van der Waals surface area contributed by atoms with Gasteiger partial charge in [0.25, 0.3) is 0 Å². The Labute approximate surface area is 119 Å². The van der Waals surface area contributed by atoms with Crippen LogP contribution in [0.2, 0.25) is 0 Å². The summed E-state index contributed by atoms with van der Waals surface area (Å²) in [6.07, 6.45) is 1.56. The van der Waals surface area contributed by atoms with E-state index in [2.05, 4.69) is 16.0 Å². The Morgan fingerprint density at radius 3 is 2.65 bits per heavy atom. The molecule has 0 spiro atoms. The summed E-state index contributed by atoms with van der Waals surface area (Å²) in [7, 11) is 1.60. The Kier molecular flexibility index (Phi) is 5.76. The first-order valence-electron chi connectivity index (χ1n) is 6.62. The number of hydrogen-bond acceptors (Lipinski definition) is 4. The van der Waals surface area contributed by atoms with E-state index in [0.717, 1.165) is 0 Å². The smallest absolute Gasteiger partial charge is 0.237 e. The minimum atomic E-state index is -0.565. The second-order valence-corrected chi connectivity index (χ2v) is 5.36. The SMILES string of the molecule is CNC(=O)C(C)(C)CNC(C)C(=O)NCc1ccco1. The number of furan rings is 1. The van der Waals surface area contributed by atoms with Gasteiger partial charge in [0.1, 0.15) is 5.76 Å². The molecule has 6 heteroatoms. The van der Waals surface area contributed by atoms with Crippen molar-refractivity contribution in [3.05, 3.63) is 24.2 Å². The highest BCUT2D eigenvalue weighted by Crippen LogP contribution is 2.13. The van der Waals surface area contributed by atoms with Crippen molar-refractivity contribution in [1.82, 2.24) is 16.0 Å². The Balaban J connectivity index is 2.36. The molecule has 2 amide bonds. The van der Waals surface area contributed by atoms with Gasteiger partial charge in [-0.05, 0) is 32.9 Å². The minimum absolute atomic E-state index is 0.0619. The average Bonchev–Trinajstić information content (AvgIpc) is 2.94. The predicted molar refractivity (Wildman–Crippen MR) is 75.9 cm³/mol. The van der Waals surface area contributed by atoms with Crippen molar-refractivity contribution in [2.24, 2.45) is 5.41 Å². The maximum absolute atomic E-state index is 11.9. The van der Waals surface area contributed by atoms with E-state index in [9.17, 15) is 9.59 Å². The number of carbonyl (C=O) groups excluding carboxylic acids is 2. The number of rotatable bonds is 7. The van der Waals surface area contributed by atoms with Gasteiger partial charge in [-0.15, -0.1) is 0 Å². The zero-order valence-electron chi connectivity index (χ0n) is 12.4. The molecule has 20 heavy (non-hydrogen) atoms. The fourth-order valence-electron chi connectivity index (χ4n) is 1.66. The topological polar surface area (TPSA) is 83.4 Å². The molecule has 0 aliphatic carbocycles. The zero-order chi connectivity index (χ0) is 15.2. The third-order valence-electron chi connectivity index (χ3n) is 3.10. The molecule has 3 N–H and O–H groups in total. The van der Waals surface area contributed by atoms with Crippen LogP contribution in [-0.4, -0.2) is 31.4 Å². The molecule has 0 radical (unpaired) electrons. The maximum atomic E-state index is 11.9. The van der Waals surface area contributed by atoms with Crippen LogP contribution in [-0.2, 0) is 16.1 Å². The van der Waals surface area contributed by atoms with Gasteiger partial charge in [0.05, 0.1) is 24.3 Å². The molecule has 1 aromatic rings. The van der Waals surface area contributed by atoms with E-state index in [-0.39, 0.29) is 17.9 Å². The van der Waals surface area contributed by atoms with Crippen LogP contribution in [0, 0.1) is 5.41 Å². The summed E-state index contributed by atoms with van der Waals surface area (Å²) >= 11 is 0. The molecule has 0 saturated carbocycles. The first-order valence-corrected chi connectivity index (χ1v) is 6.62. The molecular formula is C14H23N3O3. The van der Waals surface area contributed by atoms with Crippen LogP contribution in [0.5, 0.6) is 0 Å². The van der Waals surface area contributed by atoms with Crippen LogP contribution >= 0.6 is 0 Å². The highest BCUT2D eigenvalue weighted by atomic mass is 16.3. The summed E-state index contributed by atoms with van der Waals surface area (Å²) in [6, 6.07) is 3.19. The first kappa shape index (κ1) is 16.2. The summed E-state index contributed by atoms with van der Waals surface area (Å²) in [5.41, 5.74) is -0.565. The lowest BCUT2D eigenvalue weighted by molar-refractivity contribution is -0.129. The van der Waals surface area contributed by atoms with Crippen LogP contribution in [0.15, 0.2) is 22.8 Å². The van der Waals surface area contributed by atoms with Crippen LogP contribution in [0.4, 0.5) is 0 Å². The van der Waals surface area contributed by atoms with Gasteiger partial charge in [-0.1, -0.05) is 0 Å². The monoisotopic (exact) mass is 281 g/mol.